The third-order valence-corrected chi connectivity index (χ3v) is 13.4. The van der Waals surface area contributed by atoms with E-state index in [1.54, 1.807) is 25.4 Å². The molecule has 264 valence electrons. The summed E-state index contributed by atoms with van der Waals surface area (Å²) in [5, 5.41) is 0. The molecule has 0 N–H and O–H groups in total. The Balaban J connectivity index is 1.24. The van der Waals surface area contributed by atoms with Gasteiger partial charge in [-0.3, -0.25) is 9.59 Å². The average Bonchev–Trinajstić information content (AvgIpc) is 3.25. The quantitative estimate of drug-likeness (QED) is 0.270. The van der Waals surface area contributed by atoms with E-state index in [9.17, 15) is 13.8 Å². The second-order valence-electron chi connectivity index (χ2n) is 14.7. The van der Waals surface area contributed by atoms with Crippen LogP contribution in [0.3, 0.4) is 0 Å². The molecule has 50 heavy (non-hydrogen) atoms. The Labute approximate surface area is 296 Å². The number of allylic oxidation sites excluding steroid dienone is 1. The summed E-state index contributed by atoms with van der Waals surface area (Å²) in [6.07, 6.45) is 14.5. The van der Waals surface area contributed by atoms with E-state index >= 15 is 0 Å². The lowest BCUT2D eigenvalue weighted by Gasteiger charge is -2.46. The number of benzene rings is 2. The molecule has 0 unspecified atom stereocenters. The predicted octanol–water partition coefficient (Wildman–Crippen LogP) is 6.46. The molecule has 9 nitrogen and oxygen atoms in total. The molecule has 4 aliphatic rings. The van der Waals surface area contributed by atoms with Crippen molar-refractivity contribution in [1.82, 2.24) is 9.97 Å². The molecular formula is C40H48N4O5S. The second-order valence-corrected chi connectivity index (χ2v) is 17.1. The largest absolute Gasteiger partial charge is 0.490 e. The lowest BCUT2D eigenvalue weighted by atomic mass is 9.68. The van der Waals surface area contributed by atoms with Gasteiger partial charge in [0.15, 0.2) is 0 Å². The number of carbonyl (C=O) groups is 2. The molecule has 2 bridgehead atoms. The molecule has 3 aromatic rings. The van der Waals surface area contributed by atoms with E-state index in [-0.39, 0.29) is 35.2 Å². The van der Waals surface area contributed by atoms with Crippen molar-refractivity contribution in [2.45, 2.75) is 76.2 Å². The number of hydrogen-bond acceptors (Lipinski definition) is 8. The molecule has 3 heterocycles. The Morgan fingerprint density at radius 2 is 2.04 bits per heavy atom. The van der Waals surface area contributed by atoms with Gasteiger partial charge in [0.25, 0.3) is 5.91 Å². The van der Waals surface area contributed by atoms with Gasteiger partial charge < -0.3 is 14.4 Å². The van der Waals surface area contributed by atoms with Crippen LogP contribution in [0.1, 0.15) is 77.7 Å². The van der Waals surface area contributed by atoms with Crippen molar-refractivity contribution < 1.29 is 23.3 Å². The fourth-order valence-electron chi connectivity index (χ4n) is 8.41. The molecule has 0 saturated heterocycles. The molecule has 1 aromatic heterocycles. The van der Waals surface area contributed by atoms with Crippen molar-refractivity contribution in [3.63, 3.8) is 0 Å². The van der Waals surface area contributed by atoms with Gasteiger partial charge in [0, 0.05) is 55.2 Å². The average molecular weight is 697 g/mol. The molecule has 1 saturated carbocycles. The van der Waals surface area contributed by atoms with E-state index in [0.29, 0.717) is 43.3 Å². The highest BCUT2D eigenvalue weighted by Crippen LogP contribution is 2.47. The van der Waals surface area contributed by atoms with Crippen LogP contribution >= 0.6 is 0 Å². The Morgan fingerprint density at radius 3 is 2.84 bits per heavy atom. The molecule has 1 amide bonds. The number of hydrogen-bond donors (Lipinski definition) is 0. The van der Waals surface area contributed by atoms with E-state index < -0.39 is 15.6 Å². The molecule has 1 fully saturated rings. The summed E-state index contributed by atoms with van der Waals surface area (Å²) in [6, 6.07) is 14.1. The molecule has 2 aliphatic carbocycles. The van der Waals surface area contributed by atoms with Crippen LogP contribution in [0.2, 0.25) is 0 Å². The summed E-state index contributed by atoms with van der Waals surface area (Å²) in [7, 11) is -1.38. The Kier molecular flexibility index (Phi) is 10.2. The van der Waals surface area contributed by atoms with Gasteiger partial charge in [-0.15, -0.1) is 0 Å². The number of fused-ring (bicyclic) bond motifs is 4. The van der Waals surface area contributed by atoms with Crippen LogP contribution in [0.4, 0.5) is 5.69 Å². The number of ether oxygens (including phenoxy) is 2. The van der Waals surface area contributed by atoms with Gasteiger partial charge in [-0.1, -0.05) is 35.9 Å². The van der Waals surface area contributed by atoms with Gasteiger partial charge in [-0.2, -0.15) is 4.36 Å². The number of aryl methyl sites for hydroxylation is 3. The lowest BCUT2D eigenvalue weighted by molar-refractivity contribution is -0.116. The highest BCUT2D eigenvalue weighted by molar-refractivity contribution is 7.94. The standard InChI is InChI=1S/C40H48N4O5S/c1-28-9-15-35-29(21-28)7-6-18-40(35)25-44-23-31-10-14-34(31)37(48-2)8-4-3-5-20-50(47,24-33(45)13-12-32-17-19-41-27-42-32)43-39(46)30-11-16-38(49-26-40)36(44)22-30/h4,8-9,11,15-17,19,21-22,27,31,34,37H,3,5-7,10,12-14,18,20,23-26H2,1-2H3/b8-4+/t31-,34+,37-,40-,50+/m0/s1. The summed E-state index contributed by atoms with van der Waals surface area (Å²) in [4.78, 5) is 37.6. The van der Waals surface area contributed by atoms with Crippen LogP contribution in [-0.2, 0) is 37.5 Å². The van der Waals surface area contributed by atoms with E-state index in [0.717, 1.165) is 62.3 Å². The number of Topliss-reactive ketones (excluding diaryl/α,β-unsaturated/α-hetero) is 1. The van der Waals surface area contributed by atoms with Crippen LogP contribution in [0.25, 0.3) is 0 Å². The normalized spacial score (nSPS) is 28.6. The van der Waals surface area contributed by atoms with Crippen LogP contribution in [0.5, 0.6) is 5.75 Å². The first-order chi connectivity index (χ1) is 24.2. The molecule has 1 spiro atoms. The summed E-state index contributed by atoms with van der Waals surface area (Å²) in [5.74, 6) is 0.706. The van der Waals surface area contributed by atoms with E-state index in [4.69, 9.17) is 9.47 Å². The zero-order chi connectivity index (χ0) is 34.7. The maximum atomic E-state index is 14.3. The molecule has 5 atom stereocenters. The fraction of sp³-hybridized carbons (Fsp3) is 0.500. The Morgan fingerprint density at radius 1 is 1.14 bits per heavy atom. The number of nitrogens with zero attached hydrogens (tertiary/aromatic N) is 4. The van der Waals surface area contributed by atoms with Crippen LogP contribution in [-0.4, -0.2) is 70.3 Å². The molecule has 2 aromatic carbocycles. The minimum Gasteiger partial charge on any atom is -0.490 e. The van der Waals surface area contributed by atoms with Crippen molar-refractivity contribution in [2.24, 2.45) is 16.2 Å². The fourth-order valence-corrected chi connectivity index (χ4v) is 10.4. The van der Waals surface area contributed by atoms with Gasteiger partial charge in [0.1, 0.15) is 17.9 Å². The molecule has 2 aliphatic heterocycles. The maximum absolute atomic E-state index is 14.3. The molecular weight excluding hydrogens is 649 g/mol. The number of ketones is 1. The minimum atomic E-state index is -3.16. The zero-order valence-electron chi connectivity index (χ0n) is 29.2. The van der Waals surface area contributed by atoms with Crippen LogP contribution in [0.15, 0.2) is 71.5 Å². The van der Waals surface area contributed by atoms with Gasteiger partial charge in [-0.25, -0.2) is 14.2 Å². The first-order valence-electron chi connectivity index (χ1n) is 18.1. The third kappa shape index (κ3) is 7.42. The SMILES string of the molecule is CO[C@H]1/C=C/CCC[S@@](=O)(CC(=O)CCc2ccncn2)=NC(=O)c2ccc3c(c2)N(C[C@@H]2CC[C@H]21)C[C@@]1(CCCc2cc(C)ccc21)CO3. The first kappa shape index (κ1) is 34.6. The third-order valence-electron chi connectivity index (χ3n) is 11.2. The number of aromatic nitrogens is 2. The first-order valence-corrected chi connectivity index (χ1v) is 19.9. The van der Waals surface area contributed by atoms with Crippen molar-refractivity contribution in [2.75, 3.05) is 43.2 Å². The molecule has 7 rings (SSSR count). The summed E-state index contributed by atoms with van der Waals surface area (Å²) < 4.78 is 31.4. The number of anilines is 1. The summed E-state index contributed by atoms with van der Waals surface area (Å²) >= 11 is 0. The highest BCUT2D eigenvalue weighted by atomic mass is 32.2. The topological polar surface area (TPSA) is 111 Å². The van der Waals surface area contributed by atoms with Crippen molar-refractivity contribution >= 4 is 27.1 Å². The monoisotopic (exact) mass is 696 g/mol. The smallest absolute Gasteiger partial charge is 0.285 e. The van der Waals surface area contributed by atoms with E-state index in [2.05, 4.69) is 56.5 Å². The number of methoxy groups -OCH3 is 1. The maximum Gasteiger partial charge on any atom is 0.285 e. The van der Waals surface area contributed by atoms with Gasteiger partial charge in [-0.05, 0) is 106 Å². The molecule has 10 heteroatoms. The number of carbonyl (C=O) groups excluding carboxylic acids is 2. The van der Waals surface area contributed by atoms with Crippen LogP contribution < -0.4 is 9.64 Å². The van der Waals surface area contributed by atoms with Gasteiger partial charge >= 0.3 is 0 Å². The van der Waals surface area contributed by atoms with Crippen molar-refractivity contribution in [3.8, 4) is 5.75 Å². The second kappa shape index (κ2) is 14.8. The van der Waals surface area contributed by atoms with Crippen LogP contribution in [0, 0.1) is 18.8 Å². The highest BCUT2D eigenvalue weighted by Gasteiger charge is 2.44. The Bertz CT molecular complexity index is 1890. The van der Waals surface area contributed by atoms with E-state index in [1.807, 2.05) is 12.1 Å². The van der Waals surface area contributed by atoms with Gasteiger partial charge in [0.05, 0.1) is 33.9 Å². The minimum absolute atomic E-state index is 0.0120. The van der Waals surface area contributed by atoms with E-state index in [1.165, 1.54) is 23.0 Å². The predicted molar refractivity (Wildman–Crippen MR) is 195 cm³/mol. The van der Waals surface area contributed by atoms with Gasteiger partial charge in [0.2, 0.25) is 0 Å². The molecule has 0 radical (unpaired) electrons. The zero-order valence-corrected chi connectivity index (χ0v) is 30.0. The number of rotatable bonds is 6. The lowest BCUT2D eigenvalue weighted by Crippen LogP contribution is -2.49. The summed E-state index contributed by atoms with van der Waals surface area (Å²) in [6.45, 7) is 4.32. The van der Waals surface area contributed by atoms with Crippen molar-refractivity contribution in [3.05, 3.63) is 95.1 Å². The number of amides is 1. The Hall–Kier alpha value is -3.89. The van der Waals surface area contributed by atoms with Crippen molar-refractivity contribution in [1.29, 1.82) is 0 Å². The summed E-state index contributed by atoms with van der Waals surface area (Å²) in [5.41, 5.74) is 5.84.